The fourth-order valence-electron chi connectivity index (χ4n) is 1.92. The zero-order valence-electron chi connectivity index (χ0n) is 10.1. The van der Waals surface area contributed by atoms with Gasteiger partial charge in [0.2, 0.25) is 5.69 Å². The molecule has 1 heterocycles. The number of nitrogens with zero attached hydrogens (tertiary/aromatic N) is 2. The number of pyridine rings is 1. The molecule has 0 spiro atoms. The lowest BCUT2D eigenvalue weighted by Crippen LogP contribution is -2.28. The van der Waals surface area contributed by atoms with E-state index in [-0.39, 0.29) is 11.4 Å². The highest BCUT2D eigenvalue weighted by Crippen LogP contribution is 2.22. The van der Waals surface area contributed by atoms with Gasteiger partial charge in [0.05, 0.1) is 17.1 Å². The Balaban J connectivity index is 2.62. The third-order valence-corrected chi connectivity index (χ3v) is 2.63. The molecule has 0 saturated heterocycles. The molecule has 18 heavy (non-hydrogen) atoms. The van der Waals surface area contributed by atoms with Crippen LogP contribution in [0, 0.1) is 29.2 Å². The van der Waals surface area contributed by atoms with Gasteiger partial charge in [-0.3, -0.25) is 10.1 Å². The molecular weight excluding hydrogens is 232 g/mol. The summed E-state index contributed by atoms with van der Waals surface area (Å²) in [6.45, 7) is 3.84. The number of hydrogen-bond acceptors (Lipinski definition) is 3. The van der Waals surface area contributed by atoms with Gasteiger partial charge in [-0.2, -0.15) is 4.73 Å². The Morgan fingerprint density at radius 2 is 1.72 bits per heavy atom. The SMILES string of the molecule is Cc1cc(C)cc(-c2cc([N+](=O)[O-])cc[n+]2[O-])c1. The van der Waals surface area contributed by atoms with Crippen molar-refractivity contribution in [3.8, 4) is 11.3 Å². The van der Waals surface area contributed by atoms with Crippen molar-refractivity contribution >= 4 is 5.69 Å². The molecule has 0 unspecified atom stereocenters. The summed E-state index contributed by atoms with van der Waals surface area (Å²) < 4.78 is 0.640. The topological polar surface area (TPSA) is 70.1 Å². The van der Waals surface area contributed by atoms with E-state index in [9.17, 15) is 15.3 Å². The van der Waals surface area contributed by atoms with E-state index < -0.39 is 4.92 Å². The molecule has 0 N–H and O–H groups in total. The highest BCUT2D eigenvalue weighted by molar-refractivity contribution is 5.61. The average Bonchev–Trinajstić information content (AvgIpc) is 2.27. The van der Waals surface area contributed by atoms with Crippen LogP contribution in [0.25, 0.3) is 11.3 Å². The fraction of sp³-hybridized carbons (Fsp3) is 0.154. The van der Waals surface area contributed by atoms with Crippen molar-refractivity contribution in [1.82, 2.24) is 0 Å². The van der Waals surface area contributed by atoms with E-state index in [2.05, 4.69) is 0 Å². The van der Waals surface area contributed by atoms with Gasteiger partial charge in [-0.25, -0.2) is 0 Å². The summed E-state index contributed by atoms with van der Waals surface area (Å²) in [5.41, 5.74) is 2.91. The van der Waals surface area contributed by atoms with E-state index in [0.29, 0.717) is 10.3 Å². The first-order valence-electron chi connectivity index (χ1n) is 5.43. The van der Waals surface area contributed by atoms with E-state index >= 15 is 0 Å². The van der Waals surface area contributed by atoms with Crippen LogP contribution in [0.15, 0.2) is 36.5 Å². The van der Waals surface area contributed by atoms with Crippen LogP contribution in [0.4, 0.5) is 5.69 Å². The predicted molar refractivity (Wildman–Crippen MR) is 67.0 cm³/mol. The van der Waals surface area contributed by atoms with Gasteiger partial charge in [0.1, 0.15) is 0 Å². The van der Waals surface area contributed by atoms with Crippen molar-refractivity contribution in [2.75, 3.05) is 0 Å². The van der Waals surface area contributed by atoms with Gasteiger partial charge in [-0.05, 0) is 26.0 Å². The van der Waals surface area contributed by atoms with E-state index in [1.54, 1.807) is 0 Å². The Kier molecular flexibility index (Phi) is 2.97. The largest absolute Gasteiger partial charge is 0.618 e. The first kappa shape index (κ1) is 12.0. The Morgan fingerprint density at radius 1 is 1.11 bits per heavy atom. The minimum absolute atomic E-state index is 0.0868. The normalized spacial score (nSPS) is 10.3. The van der Waals surface area contributed by atoms with Gasteiger partial charge in [0.15, 0.2) is 6.20 Å². The minimum Gasteiger partial charge on any atom is -0.618 e. The highest BCUT2D eigenvalue weighted by Gasteiger charge is 2.16. The molecule has 0 amide bonds. The maximum absolute atomic E-state index is 11.7. The fourth-order valence-corrected chi connectivity index (χ4v) is 1.92. The molecule has 0 saturated carbocycles. The molecule has 92 valence electrons. The molecule has 2 rings (SSSR count). The van der Waals surface area contributed by atoms with Crippen LogP contribution in [0.2, 0.25) is 0 Å². The van der Waals surface area contributed by atoms with Crippen LogP contribution in [0.3, 0.4) is 0 Å². The van der Waals surface area contributed by atoms with Gasteiger partial charge in [0.25, 0.3) is 5.69 Å². The molecule has 1 aromatic heterocycles. The summed E-state index contributed by atoms with van der Waals surface area (Å²) in [7, 11) is 0. The van der Waals surface area contributed by atoms with E-state index in [4.69, 9.17) is 0 Å². The second-order valence-electron chi connectivity index (χ2n) is 4.23. The number of benzene rings is 1. The van der Waals surface area contributed by atoms with Crippen LogP contribution in [0.5, 0.6) is 0 Å². The summed E-state index contributed by atoms with van der Waals surface area (Å²) in [4.78, 5) is 10.2. The lowest BCUT2D eigenvalue weighted by molar-refractivity contribution is -0.594. The first-order valence-corrected chi connectivity index (χ1v) is 5.43. The third-order valence-electron chi connectivity index (χ3n) is 2.63. The Bertz CT molecular complexity index is 603. The van der Waals surface area contributed by atoms with Crippen molar-refractivity contribution in [2.24, 2.45) is 0 Å². The second-order valence-corrected chi connectivity index (χ2v) is 4.23. The number of aromatic nitrogens is 1. The maximum atomic E-state index is 11.7. The third kappa shape index (κ3) is 2.29. The number of rotatable bonds is 2. The smallest absolute Gasteiger partial charge is 0.282 e. The quantitative estimate of drug-likeness (QED) is 0.352. The molecule has 5 nitrogen and oxygen atoms in total. The summed E-state index contributed by atoms with van der Waals surface area (Å²) in [5, 5.41) is 22.4. The number of hydrogen-bond donors (Lipinski definition) is 0. The summed E-state index contributed by atoms with van der Waals surface area (Å²) in [6.07, 6.45) is 1.16. The molecule has 0 radical (unpaired) electrons. The molecule has 0 bridgehead atoms. The predicted octanol–water partition coefficient (Wildman–Crippen LogP) is 2.51. The molecule has 0 aliphatic carbocycles. The molecule has 0 fully saturated rings. The molecule has 0 aliphatic rings. The highest BCUT2D eigenvalue weighted by atomic mass is 16.6. The monoisotopic (exact) mass is 244 g/mol. The lowest BCUT2D eigenvalue weighted by Gasteiger charge is -2.06. The minimum atomic E-state index is -0.508. The first-order chi connectivity index (χ1) is 8.47. The van der Waals surface area contributed by atoms with Gasteiger partial charge in [-0.1, -0.05) is 17.2 Å². The zero-order valence-corrected chi connectivity index (χ0v) is 10.1. The van der Waals surface area contributed by atoms with E-state index in [1.165, 1.54) is 12.1 Å². The van der Waals surface area contributed by atoms with E-state index in [0.717, 1.165) is 17.3 Å². The van der Waals surface area contributed by atoms with Crippen LogP contribution < -0.4 is 4.73 Å². The summed E-state index contributed by atoms with van der Waals surface area (Å²) >= 11 is 0. The zero-order chi connectivity index (χ0) is 13.3. The molecule has 0 aliphatic heterocycles. The van der Waals surface area contributed by atoms with Crippen molar-refractivity contribution in [1.29, 1.82) is 0 Å². The van der Waals surface area contributed by atoms with Crippen molar-refractivity contribution in [3.05, 3.63) is 63.0 Å². The van der Waals surface area contributed by atoms with Crippen LogP contribution in [-0.4, -0.2) is 4.92 Å². The van der Waals surface area contributed by atoms with Gasteiger partial charge < -0.3 is 5.21 Å². The summed E-state index contributed by atoms with van der Waals surface area (Å²) in [6, 6.07) is 8.14. The molecule has 0 atom stereocenters. The van der Waals surface area contributed by atoms with Crippen molar-refractivity contribution in [3.63, 3.8) is 0 Å². The Hall–Kier alpha value is -2.43. The average molecular weight is 244 g/mol. The standard InChI is InChI=1S/C13H12N2O3/c1-9-5-10(2)7-11(6-9)13-8-12(15(17)18)3-4-14(13)16/h3-8H,1-2H3. The molecule has 5 heteroatoms. The Morgan fingerprint density at radius 3 is 2.28 bits per heavy atom. The molecular formula is C13H12N2O3. The second kappa shape index (κ2) is 4.44. The number of aryl methyl sites for hydroxylation is 2. The Labute approximate surface area is 104 Å². The van der Waals surface area contributed by atoms with Crippen LogP contribution in [0.1, 0.15) is 11.1 Å². The van der Waals surface area contributed by atoms with Gasteiger partial charge in [-0.15, -0.1) is 0 Å². The van der Waals surface area contributed by atoms with E-state index in [1.807, 2.05) is 32.0 Å². The summed E-state index contributed by atoms with van der Waals surface area (Å²) in [5.74, 6) is 0. The van der Waals surface area contributed by atoms with Crippen molar-refractivity contribution in [2.45, 2.75) is 13.8 Å². The molecule has 2 aromatic rings. The van der Waals surface area contributed by atoms with Gasteiger partial charge >= 0.3 is 0 Å². The lowest BCUT2D eigenvalue weighted by atomic mass is 10.0. The van der Waals surface area contributed by atoms with Gasteiger partial charge in [0, 0.05) is 5.56 Å². The molecule has 1 aromatic carbocycles. The van der Waals surface area contributed by atoms with Crippen LogP contribution in [-0.2, 0) is 0 Å². The van der Waals surface area contributed by atoms with Crippen LogP contribution >= 0.6 is 0 Å². The number of nitro groups is 1. The maximum Gasteiger partial charge on any atom is 0.282 e. The van der Waals surface area contributed by atoms with Crippen molar-refractivity contribution < 1.29 is 9.65 Å².